The molecule has 2 saturated heterocycles. The molecule has 2 aliphatic rings. The maximum Gasteiger partial charge on any atom is 0.434 e. The Bertz CT molecular complexity index is 2400. The van der Waals surface area contributed by atoms with Gasteiger partial charge in [-0.3, -0.25) is 9.59 Å². The molecule has 0 spiro atoms. The Kier molecular flexibility index (Phi) is 17.5. The fraction of sp³-hybridized carbons (Fsp3) is 0.474. The van der Waals surface area contributed by atoms with Crippen molar-refractivity contribution in [3.8, 4) is 0 Å². The van der Waals surface area contributed by atoms with Gasteiger partial charge in [-0.1, -0.05) is 77.4 Å². The molecule has 2 unspecified atom stereocenters. The fourth-order valence-corrected chi connectivity index (χ4v) is 11.9. The van der Waals surface area contributed by atoms with E-state index in [1.54, 1.807) is 32.8 Å². The number of piperidine rings is 2. The van der Waals surface area contributed by atoms with Gasteiger partial charge in [0.25, 0.3) is 0 Å². The van der Waals surface area contributed by atoms with E-state index in [2.05, 4.69) is 33.3 Å². The van der Waals surface area contributed by atoms with Crippen molar-refractivity contribution in [3.63, 3.8) is 0 Å². The largest absolute Gasteiger partial charge is 0.434 e. The van der Waals surface area contributed by atoms with Gasteiger partial charge in [-0.25, -0.2) is 26.4 Å². The standard InChI is InChI=1S/C19H23Cl3N4O3S.C19H23Cl2N5O5S/c1-13-5-9-25(10-6-13)18(27)16(7-11-26-12-8-23-19(26)22)24-30(28,29)17-14(20)3-2-4-15(17)21;1-13-5-9-24(10-6-13)18(27)16(7-11-25-12-8-22-19(25)26(28)29)23-32(30,31)17-14(20)3-2-4-15(17)21/h2-4,8,12-13,16,24H,5-7,9-11H2,1H3;2-4,8,12-13,16,23H,5-7,9-11H2,1H3. The smallest absolute Gasteiger partial charge is 0.390 e. The van der Waals surface area contributed by atoms with Gasteiger partial charge in [-0.05, 0) is 84.7 Å². The summed E-state index contributed by atoms with van der Waals surface area (Å²) in [7, 11) is -8.39. The molecule has 6 rings (SSSR count). The number of sulfonamides is 2. The third kappa shape index (κ3) is 12.8. The van der Waals surface area contributed by atoms with Crippen LogP contribution in [0.4, 0.5) is 5.95 Å². The summed E-state index contributed by atoms with van der Waals surface area (Å²) >= 11 is 30.3. The molecule has 4 heterocycles. The van der Waals surface area contributed by atoms with Gasteiger partial charge < -0.3 is 24.5 Å². The molecule has 2 fully saturated rings. The van der Waals surface area contributed by atoms with Gasteiger partial charge in [0.05, 0.1) is 26.6 Å². The predicted octanol–water partition coefficient (Wildman–Crippen LogP) is 6.93. The molecular weight excluding hydrogens is 952 g/mol. The van der Waals surface area contributed by atoms with E-state index in [1.807, 2.05) is 0 Å². The van der Waals surface area contributed by atoms with E-state index in [-0.39, 0.29) is 66.4 Å². The Morgan fingerprint density at radius 1 is 0.694 bits per heavy atom. The van der Waals surface area contributed by atoms with Crippen LogP contribution < -0.4 is 9.44 Å². The highest BCUT2D eigenvalue weighted by atomic mass is 35.5. The molecular formula is C38H46Cl5N9O8S2. The Labute approximate surface area is 385 Å². The van der Waals surface area contributed by atoms with Gasteiger partial charge in [0, 0.05) is 51.5 Å². The third-order valence-corrected chi connectivity index (χ3v) is 15.8. The van der Waals surface area contributed by atoms with Gasteiger partial charge in [0.15, 0.2) is 0 Å². The van der Waals surface area contributed by atoms with Crippen molar-refractivity contribution in [1.82, 2.24) is 38.3 Å². The molecule has 2 amide bonds. The van der Waals surface area contributed by atoms with Crippen LogP contribution in [0, 0.1) is 22.0 Å². The zero-order valence-electron chi connectivity index (χ0n) is 33.7. The van der Waals surface area contributed by atoms with Crippen molar-refractivity contribution in [2.24, 2.45) is 11.8 Å². The first-order chi connectivity index (χ1) is 29.3. The van der Waals surface area contributed by atoms with Crippen LogP contribution in [0.3, 0.4) is 0 Å². The lowest BCUT2D eigenvalue weighted by Crippen LogP contribution is -2.51. The predicted molar refractivity (Wildman–Crippen MR) is 236 cm³/mol. The normalized spacial score (nSPS) is 16.4. The molecule has 0 radical (unpaired) electrons. The number of carbonyl (C=O) groups excluding carboxylic acids is 2. The first-order valence-corrected chi connectivity index (χ1v) is 24.5. The van der Waals surface area contributed by atoms with Crippen molar-refractivity contribution < 1.29 is 31.3 Å². The minimum Gasteiger partial charge on any atom is -0.390 e. The molecule has 2 aliphatic heterocycles. The number of hydrogen-bond acceptors (Lipinski definition) is 10. The molecule has 2 aromatic heterocycles. The maximum atomic E-state index is 13.2. The fourth-order valence-electron chi connectivity index (χ4n) is 7.00. The van der Waals surface area contributed by atoms with Crippen LogP contribution >= 0.6 is 58.0 Å². The Morgan fingerprint density at radius 3 is 1.44 bits per heavy atom. The van der Waals surface area contributed by atoms with Crippen LogP contribution in [-0.4, -0.2) is 101 Å². The first-order valence-electron chi connectivity index (χ1n) is 19.6. The lowest BCUT2D eigenvalue weighted by molar-refractivity contribution is -0.396. The summed E-state index contributed by atoms with van der Waals surface area (Å²) in [6.07, 6.45) is 9.46. The highest BCUT2D eigenvalue weighted by molar-refractivity contribution is 7.90. The van der Waals surface area contributed by atoms with E-state index in [0.29, 0.717) is 44.6 Å². The van der Waals surface area contributed by atoms with Crippen molar-refractivity contribution in [2.75, 3.05) is 26.2 Å². The second-order valence-electron chi connectivity index (χ2n) is 15.1. The van der Waals surface area contributed by atoms with Gasteiger partial charge in [0.2, 0.25) is 37.1 Å². The first kappa shape index (κ1) is 49.5. The molecule has 338 valence electrons. The van der Waals surface area contributed by atoms with Crippen LogP contribution in [-0.2, 0) is 42.7 Å². The van der Waals surface area contributed by atoms with E-state index < -0.39 is 43.0 Å². The number of nitro groups is 1. The highest BCUT2D eigenvalue weighted by Gasteiger charge is 2.35. The van der Waals surface area contributed by atoms with E-state index in [1.165, 1.54) is 47.3 Å². The third-order valence-electron chi connectivity index (χ3n) is 10.6. The molecule has 2 aromatic carbocycles. The lowest BCUT2D eigenvalue weighted by Gasteiger charge is -2.33. The number of carbonyl (C=O) groups is 2. The van der Waals surface area contributed by atoms with Gasteiger partial charge in [0.1, 0.15) is 34.3 Å². The lowest BCUT2D eigenvalue weighted by atomic mass is 9.98. The van der Waals surface area contributed by atoms with Gasteiger partial charge in [-0.2, -0.15) is 9.44 Å². The zero-order valence-corrected chi connectivity index (χ0v) is 39.1. The second kappa shape index (κ2) is 21.9. The topological polar surface area (TPSA) is 212 Å². The van der Waals surface area contributed by atoms with Crippen LogP contribution in [0.2, 0.25) is 25.4 Å². The quantitative estimate of drug-likeness (QED) is 0.0926. The van der Waals surface area contributed by atoms with E-state index in [0.717, 1.165) is 25.7 Å². The Balaban J connectivity index is 0.000000235. The van der Waals surface area contributed by atoms with E-state index in [4.69, 9.17) is 58.0 Å². The Hall–Kier alpha value is -3.53. The molecule has 24 heteroatoms. The van der Waals surface area contributed by atoms with Gasteiger partial charge >= 0.3 is 5.95 Å². The van der Waals surface area contributed by atoms with Crippen molar-refractivity contribution >= 4 is 95.8 Å². The number of amides is 2. The average molecular weight is 998 g/mol. The summed E-state index contributed by atoms with van der Waals surface area (Å²) < 4.78 is 60.1. The molecule has 62 heavy (non-hydrogen) atoms. The number of nitrogens with one attached hydrogen (secondary N) is 2. The van der Waals surface area contributed by atoms with Crippen LogP contribution in [0.15, 0.2) is 71.0 Å². The van der Waals surface area contributed by atoms with Crippen molar-refractivity contribution in [1.29, 1.82) is 0 Å². The average Bonchev–Trinajstić information content (AvgIpc) is 3.86. The van der Waals surface area contributed by atoms with Crippen molar-refractivity contribution in [3.05, 3.63) is 96.7 Å². The summed E-state index contributed by atoms with van der Waals surface area (Å²) in [5, 5.41) is 11.2. The number of likely N-dealkylation sites (tertiary alicyclic amines) is 2. The number of imidazole rings is 2. The van der Waals surface area contributed by atoms with Crippen molar-refractivity contribution in [2.45, 2.75) is 87.3 Å². The van der Waals surface area contributed by atoms with Crippen LogP contribution in [0.25, 0.3) is 0 Å². The molecule has 0 bridgehead atoms. The minimum absolute atomic E-state index is 0.00866. The van der Waals surface area contributed by atoms with E-state index >= 15 is 0 Å². The Morgan fingerprint density at radius 2 is 1.06 bits per heavy atom. The summed E-state index contributed by atoms with van der Waals surface area (Å²) in [5.74, 6) is -0.0445. The van der Waals surface area contributed by atoms with Crippen LogP contribution in [0.5, 0.6) is 0 Å². The highest BCUT2D eigenvalue weighted by Crippen LogP contribution is 2.31. The maximum absolute atomic E-state index is 13.2. The molecule has 17 nitrogen and oxygen atoms in total. The number of benzene rings is 2. The monoisotopic (exact) mass is 995 g/mol. The summed E-state index contributed by atoms with van der Waals surface area (Å²) in [6.45, 7) is 6.77. The summed E-state index contributed by atoms with van der Waals surface area (Å²) in [6, 6.07) is 6.57. The SMILES string of the molecule is CC1CCN(C(=O)C(CCn2ccnc2Cl)NS(=O)(=O)c2c(Cl)cccc2Cl)CC1.CC1CCN(C(=O)C(CCn2ccnc2[N+](=O)[O-])NS(=O)(=O)c2c(Cl)cccc2Cl)CC1. The minimum atomic E-state index is -4.25. The molecule has 4 aromatic rings. The molecule has 0 saturated carbocycles. The zero-order chi connectivity index (χ0) is 45.4. The van der Waals surface area contributed by atoms with Crippen LogP contribution in [0.1, 0.15) is 52.4 Å². The number of rotatable bonds is 15. The number of aryl methyl sites for hydroxylation is 2. The summed E-state index contributed by atoms with van der Waals surface area (Å²) in [5.41, 5.74) is 0. The summed E-state index contributed by atoms with van der Waals surface area (Å²) in [4.78, 5) is 47.3. The molecule has 0 aliphatic carbocycles. The second-order valence-corrected chi connectivity index (χ2v) is 20.4. The molecule has 2 N–H and O–H groups in total. The number of halogens is 5. The number of hydrogen-bond donors (Lipinski definition) is 2. The number of nitrogens with zero attached hydrogens (tertiary/aromatic N) is 7. The molecule has 2 atom stereocenters. The number of aromatic nitrogens is 4. The van der Waals surface area contributed by atoms with Gasteiger partial charge in [-0.15, -0.1) is 0 Å². The van der Waals surface area contributed by atoms with E-state index in [9.17, 15) is 36.5 Å².